The van der Waals surface area contributed by atoms with Crippen molar-refractivity contribution in [2.45, 2.75) is 58.3 Å². The van der Waals surface area contributed by atoms with Crippen molar-refractivity contribution in [1.82, 2.24) is 5.32 Å². The topological polar surface area (TPSA) is 12.0 Å². The molecule has 0 aliphatic heterocycles. The van der Waals surface area contributed by atoms with Crippen molar-refractivity contribution in [1.29, 1.82) is 0 Å². The molecular weight excluding hydrogens is 369 g/mol. The number of rotatable bonds is 7. The predicted octanol–water partition coefficient (Wildman–Crippen LogP) is 5.42. The van der Waals surface area contributed by atoms with E-state index in [1.807, 2.05) is 0 Å². The summed E-state index contributed by atoms with van der Waals surface area (Å²) in [6.45, 7) is 3.48. The molecule has 0 radical (unpaired) electrons. The van der Waals surface area contributed by atoms with Crippen LogP contribution in [0, 0.1) is 14.9 Å². The van der Waals surface area contributed by atoms with Crippen molar-refractivity contribution in [2.24, 2.45) is 11.3 Å². The molecule has 1 aliphatic carbocycles. The van der Waals surface area contributed by atoms with Gasteiger partial charge in [0.15, 0.2) is 0 Å². The number of halogens is 1. The number of benzene rings is 1. The van der Waals surface area contributed by atoms with Crippen molar-refractivity contribution >= 4 is 22.6 Å². The fourth-order valence-corrected chi connectivity index (χ4v) is 4.26. The predicted molar refractivity (Wildman–Crippen MR) is 101 cm³/mol. The summed E-state index contributed by atoms with van der Waals surface area (Å²) in [5.74, 6) is 0.992. The van der Waals surface area contributed by atoms with Crippen LogP contribution >= 0.6 is 22.6 Å². The highest BCUT2D eigenvalue weighted by Gasteiger charge is 2.34. The first-order valence-corrected chi connectivity index (χ1v) is 9.64. The fraction of sp³-hybridized carbons (Fsp3) is 0.684. The third-order valence-electron chi connectivity index (χ3n) is 5.18. The van der Waals surface area contributed by atoms with Gasteiger partial charge in [-0.05, 0) is 90.8 Å². The molecule has 2 rings (SSSR count). The molecule has 0 saturated heterocycles. The van der Waals surface area contributed by atoms with Crippen molar-refractivity contribution in [3.8, 4) is 0 Å². The Hall–Kier alpha value is -0.0900. The van der Waals surface area contributed by atoms with Gasteiger partial charge in [-0.2, -0.15) is 0 Å². The molecule has 2 heteroatoms. The molecule has 0 atom stereocenters. The molecule has 1 fully saturated rings. The summed E-state index contributed by atoms with van der Waals surface area (Å²) in [5.41, 5.74) is 2.00. The van der Waals surface area contributed by atoms with Gasteiger partial charge in [0, 0.05) is 10.1 Å². The molecule has 21 heavy (non-hydrogen) atoms. The van der Waals surface area contributed by atoms with Crippen LogP contribution in [0.3, 0.4) is 0 Å². The molecule has 1 aliphatic rings. The fourth-order valence-electron chi connectivity index (χ4n) is 3.90. The van der Waals surface area contributed by atoms with Crippen LogP contribution in [0.5, 0.6) is 0 Å². The zero-order chi connectivity index (χ0) is 15.1. The summed E-state index contributed by atoms with van der Waals surface area (Å²) in [7, 11) is 2.11. The maximum Gasteiger partial charge on any atom is 0.0130 e. The summed E-state index contributed by atoms with van der Waals surface area (Å²) < 4.78 is 1.34. The van der Waals surface area contributed by atoms with Crippen molar-refractivity contribution in [3.05, 3.63) is 33.4 Å². The first kappa shape index (κ1) is 17.3. The molecule has 1 N–H and O–H groups in total. The monoisotopic (exact) mass is 399 g/mol. The highest BCUT2D eigenvalue weighted by Crippen LogP contribution is 2.42. The lowest BCUT2D eigenvalue weighted by atomic mass is 9.66. The molecule has 1 nitrogen and oxygen atoms in total. The van der Waals surface area contributed by atoms with Gasteiger partial charge in [0.05, 0.1) is 0 Å². The zero-order valence-electron chi connectivity index (χ0n) is 13.6. The number of hydrogen-bond acceptors (Lipinski definition) is 1. The lowest BCUT2D eigenvalue weighted by molar-refractivity contribution is 0.141. The molecule has 1 aromatic rings. The van der Waals surface area contributed by atoms with Gasteiger partial charge in [0.2, 0.25) is 0 Å². The van der Waals surface area contributed by atoms with Crippen LogP contribution in [-0.4, -0.2) is 13.6 Å². The molecule has 0 heterocycles. The van der Waals surface area contributed by atoms with Gasteiger partial charge >= 0.3 is 0 Å². The Balaban J connectivity index is 1.96. The maximum absolute atomic E-state index is 3.47. The Morgan fingerprint density at radius 1 is 1.19 bits per heavy atom. The normalized spacial score (nSPS) is 26.0. The summed E-state index contributed by atoms with van der Waals surface area (Å²) in [6.07, 6.45) is 11.1. The molecule has 1 saturated carbocycles. The van der Waals surface area contributed by atoms with E-state index in [9.17, 15) is 0 Å². The minimum Gasteiger partial charge on any atom is -0.319 e. The Kier molecular flexibility index (Phi) is 7.00. The third kappa shape index (κ3) is 5.24. The van der Waals surface area contributed by atoms with Crippen LogP contribution < -0.4 is 5.32 Å². The minimum atomic E-state index is 0.490. The maximum atomic E-state index is 3.47. The second-order valence-electron chi connectivity index (χ2n) is 6.92. The van der Waals surface area contributed by atoms with E-state index in [0.29, 0.717) is 5.41 Å². The van der Waals surface area contributed by atoms with Crippen LogP contribution in [0.4, 0.5) is 0 Å². The Bertz CT molecular complexity index is 404. The van der Waals surface area contributed by atoms with E-state index >= 15 is 0 Å². The highest BCUT2D eigenvalue weighted by atomic mass is 127. The summed E-state index contributed by atoms with van der Waals surface area (Å²) in [4.78, 5) is 0. The van der Waals surface area contributed by atoms with Crippen LogP contribution in [0.15, 0.2) is 24.3 Å². The van der Waals surface area contributed by atoms with Crippen LogP contribution in [-0.2, 0) is 6.42 Å². The smallest absolute Gasteiger partial charge is 0.0130 e. The Labute approximate surface area is 144 Å². The van der Waals surface area contributed by atoms with Crippen molar-refractivity contribution in [2.75, 3.05) is 13.6 Å². The van der Waals surface area contributed by atoms with Crippen LogP contribution in [0.25, 0.3) is 0 Å². The van der Waals surface area contributed by atoms with E-state index in [1.165, 1.54) is 67.0 Å². The lowest BCUT2D eigenvalue weighted by Gasteiger charge is -2.40. The highest BCUT2D eigenvalue weighted by molar-refractivity contribution is 14.1. The SMILES string of the molecule is CCCCC1CCC(CNC)(Cc2ccc(I)cc2)CC1. The Morgan fingerprint density at radius 3 is 2.43 bits per heavy atom. The van der Waals surface area contributed by atoms with E-state index in [4.69, 9.17) is 0 Å². The molecule has 0 spiro atoms. The third-order valence-corrected chi connectivity index (χ3v) is 5.90. The van der Waals surface area contributed by atoms with Crippen molar-refractivity contribution < 1.29 is 0 Å². The quantitative estimate of drug-likeness (QED) is 0.604. The largest absolute Gasteiger partial charge is 0.319 e. The summed E-state index contributed by atoms with van der Waals surface area (Å²) in [6, 6.07) is 9.14. The summed E-state index contributed by atoms with van der Waals surface area (Å²) in [5, 5.41) is 3.47. The van der Waals surface area contributed by atoms with E-state index in [0.717, 1.165) is 5.92 Å². The molecule has 0 bridgehead atoms. The van der Waals surface area contributed by atoms with E-state index in [1.54, 1.807) is 0 Å². The van der Waals surface area contributed by atoms with Gasteiger partial charge < -0.3 is 5.32 Å². The molecule has 0 aromatic heterocycles. The van der Waals surface area contributed by atoms with Crippen LogP contribution in [0.2, 0.25) is 0 Å². The van der Waals surface area contributed by atoms with Gasteiger partial charge in [-0.25, -0.2) is 0 Å². The van der Waals surface area contributed by atoms with Gasteiger partial charge in [0.25, 0.3) is 0 Å². The number of nitrogens with one attached hydrogen (secondary N) is 1. The van der Waals surface area contributed by atoms with Gasteiger partial charge in [-0.15, -0.1) is 0 Å². The molecule has 0 unspecified atom stereocenters. The second kappa shape index (κ2) is 8.52. The summed E-state index contributed by atoms with van der Waals surface area (Å²) >= 11 is 2.39. The number of unbranched alkanes of at least 4 members (excludes halogenated alkanes) is 1. The molecule has 118 valence electrons. The van der Waals surface area contributed by atoms with Crippen molar-refractivity contribution in [3.63, 3.8) is 0 Å². The first-order chi connectivity index (χ1) is 10.2. The standard InChI is InChI=1S/C19H30IN/c1-3-4-5-16-10-12-19(13-11-16,15-21-2)14-17-6-8-18(20)9-7-17/h6-9,16,21H,3-5,10-15H2,1-2H3. The first-order valence-electron chi connectivity index (χ1n) is 8.56. The van der Waals surface area contributed by atoms with E-state index in [2.05, 4.69) is 66.1 Å². The minimum absolute atomic E-state index is 0.490. The average molecular weight is 399 g/mol. The zero-order valence-corrected chi connectivity index (χ0v) is 15.8. The Morgan fingerprint density at radius 2 is 1.86 bits per heavy atom. The van der Waals surface area contributed by atoms with Crippen LogP contribution in [0.1, 0.15) is 57.4 Å². The van der Waals surface area contributed by atoms with Gasteiger partial charge in [0.1, 0.15) is 0 Å². The number of hydrogen-bond donors (Lipinski definition) is 1. The van der Waals surface area contributed by atoms with Gasteiger partial charge in [-0.1, -0.05) is 38.3 Å². The lowest BCUT2D eigenvalue weighted by Crippen LogP contribution is -2.38. The molecule has 0 amide bonds. The van der Waals surface area contributed by atoms with E-state index < -0.39 is 0 Å². The van der Waals surface area contributed by atoms with Gasteiger partial charge in [-0.3, -0.25) is 0 Å². The molecular formula is C19H30IN. The second-order valence-corrected chi connectivity index (χ2v) is 8.16. The molecule has 1 aromatic carbocycles. The van der Waals surface area contributed by atoms with E-state index in [-0.39, 0.29) is 0 Å². The average Bonchev–Trinajstić information content (AvgIpc) is 2.50.